The summed E-state index contributed by atoms with van der Waals surface area (Å²) in [4.78, 5) is 30.7. The summed E-state index contributed by atoms with van der Waals surface area (Å²) in [6.07, 6.45) is 12.3. The van der Waals surface area contributed by atoms with Crippen molar-refractivity contribution in [2.45, 2.75) is 76.3 Å². The van der Waals surface area contributed by atoms with Crippen LogP contribution in [0.5, 0.6) is 0 Å². The van der Waals surface area contributed by atoms with Crippen LogP contribution in [0.3, 0.4) is 0 Å². The molecule has 0 bridgehead atoms. The summed E-state index contributed by atoms with van der Waals surface area (Å²) < 4.78 is 0. The summed E-state index contributed by atoms with van der Waals surface area (Å²) in [6, 6.07) is 18.8. The lowest BCUT2D eigenvalue weighted by molar-refractivity contribution is 0.0685. The van der Waals surface area contributed by atoms with Crippen molar-refractivity contribution in [3.63, 3.8) is 0 Å². The summed E-state index contributed by atoms with van der Waals surface area (Å²) in [5, 5.41) is 0.339. The minimum atomic E-state index is -0.0977. The van der Waals surface area contributed by atoms with Gasteiger partial charge in [0.2, 0.25) is 0 Å². The van der Waals surface area contributed by atoms with E-state index in [2.05, 4.69) is 0 Å². The van der Waals surface area contributed by atoms with Crippen molar-refractivity contribution in [2.75, 3.05) is 0 Å². The van der Waals surface area contributed by atoms with E-state index in [1.54, 1.807) is 16.0 Å². The molecule has 2 amide bonds. The number of hydrogen-bond donors (Lipinski definition) is 0. The van der Waals surface area contributed by atoms with Crippen LogP contribution in [-0.2, 0) is 0 Å². The second kappa shape index (κ2) is 11.5. The molecule has 4 rings (SSSR count). The second-order valence-corrected chi connectivity index (χ2v) is 9.54. The number of amides is 2. The molecule has 174 valence electrons. The van der Waals surface area contributed by atoms with E-state index in [1.165, 1.54) is 12.8 Å². The Morgan fingerprint density at radius 1 is 0.667 bits per heavy atom. The Labute approximate surface area is 202 Å². The fourth-order valence-corrected chi connectivity index (χ4v) is 5.41. The maximum absolute atomic E-state index is 13.6. The second-order valence-electron chi connectivity index (χ2n) is 9.16. The highest BCUT2D eigenvalue weighted by Gasteiger charge is 2.31. The van der Waals surface area contributed by atoms with Crippen LogP contribution >= 0.6 is 11.6 Å². The van der Waals surface area contributed by atoms with Gasteiger partial charge in [-0.1, -0.05) is 86.5 Å². The van der Waals surface area contributed by atoms with Gasteiger partial charge in [-0.2, -0.15) is 0 Å². The molecule has 0 aromatic heterocycles. The average Bonchev–Trinajstić information content (AvgIpc) is 2.89. The van der Waals surface area contributed by atoms with Crippen LogP contribution in [0.1, 0.15) is 84.9 Å². The number of carbonyl (C=O) groups excluding carboxylic acids is 2. The van der Waals surface area contributed by atoms with Gasteiger partial charge in [-0.3, -0.25) is 14.5 Å². The summed E-state index contributed by atoms with van der Waals surface area (Å²) in [7, 11) is 0. The molecule has 2 fully saturated rings. The predicted octanol–water partition coefficient (Wildman–Crippen LogP) is 6.97. The van der Waals surface area contributed by atoms with Crippen molar-refractivity contribution in [1.82, 2.24) is 9.80 Å². The van der Waals surface area contributed by atoms with Gasteiger partial charge in [0.15, 0.2) is 0 Å². The van der Waals surface area contributed by atoms with Gasteiger partial charge >= 0.3 is 0 Å². The van der Waals surface area contributed by atoms with Gasteiger partial charge in [0, 0.05) is 29.4 Å². The molecule has 0 aliphatic heterocycles. The molecule has 0 spiro atoms. The fraction of sp³-hybridized carbons (Fsp3) is 0.429. The maximum atomic E-state index is 13.6. The number of benzene rings is 2. The van der Waals surface area contributed by atoms with E-state index in [1.807, 2.05) is 60.7 Å². The first-order valence-corrected chi connectivity index (χ1v) is 12.7. The number of carbonyl (C=O) groups is 2. The quantitative estimate of drug-likeness (QED) is 0.433. The fourth-order valence-electron chi connectivity index (χ4n) is 5.09. The van der Waals surface area contributed by atoms with Crippen LogP contribution in [0.2, 0.25) is 0 Å². The van der Waals surface area contributed by atoms with Gasteiger partial charge < -0.3 is 4.90 Å². The highest BCUT2D eigenvalue weighted by Crippen LogP contribution is 2.31. The number of nitrogens with zero attached hydrogens (tertiary/aromatic N) is 2. The minimum absolute atomic E-state index is 0.0511. The topological polar surface area (TPSA) is 40.6 Å². The van der Waals surface area contributed by atoms with Crippen LogP contribution in [0.25, 0.3) is 0 Å². The predicted molar refractivity (Wildman–Crippen MR) is 133 cm³/mol. The Hall–Kier alpha value is -2.59. The van der Waals surface area contributed by atoms with Gasteiger partial charge in [0.05, 0.1) is 0 Å². The molecule has 0 saturated heterocycles. The third-order valence-corrected chi connectivity index (χ3v) is 7.16. The Kier molecular flexibility index (Phi) is 8.22. The largest absolute Gasteiger partial charge is 0.309 e. The molecule has 0 heterocycles. The molecule has 0 radical (unpaired) electrons. The molecular formula is C28H33ClN2O2. The first kappa shape index (κ1) is 23.6. The monoisotopic (exact) mass is 464 g/mol. The Morgan fingerprint density at radius 3 is 1.64 bits per heavy atom. The van der Waals surface area contributed by atoms with Gasteiger partial charge in [-0.25, -0.2) is 0 Å². The van der Waals surface area contributed by atoms with E-state index in [-0.39, 0.29) is 23.9 Å². The molecule has 0 atom stereocenters. The highest BCUT2D eigenvalue weighted by atomic mass is 35.5. The molecule has 2 aliphatic carbocycles. The van der Waals surface area contributed by atoms with E-state index >= 15 is 0 Å². The zero-order chi connectivity index (χ0) is 23.0. The van der Waals surface area contributed by atoms with Crippen molar-refractivity contribution < 1.29 is 9.59 Å². The maximum Gasteiger partial charge on any atom is 0.259 e. The number of hydrogen-bond acceptors (Lipinski definition) is 2. The van der Waals surface area contributed by atoms with E-state index in [9.17, 15) is 9.59 Å². The third kappa shape index (κ3) is 5.86. The SMILES string of the molecule is O=C(c1ccccc1)N(/C=C(\Cl)N(C(=O)c1ccccc1)C1CCCCC1)C1CCCCC1. The molecule has 2 saturated carbocycles. The van der Waals surface area contributed by atoms with Gasteiger partial charge in [-0.15, -0.1) is 0 Å². The summed E-state index contributed by atoms with van der Waals surface area (Å²) >= 11 is 6.94. The van der Waals surface area contributed by atoms with E-state index in [4.69, 9.17) is 11.6 Å². The molecule has 5 heteroatoms. The van der Waals surface area contributed by atoms with Crippen LogP contribution in [0.15, 0.2) is 72.0 Å². The van der Waals surface area contributed by atoms with Crippen molar-refractivity contribution >= 4 is 23.4 Å². The third-order valence-electron chi connectivity index (χ3n) is 6.88. The Bertz CT molecular complexity index is 948. The molecule has 4 nitrogen and oxygen atoms in total. The number of halogens is 1. The lowest BCUT2D eigenvalue weighted by atomic mass is 9.93. The Balaban J connectivity index is 1.69. The van der Waals surface area contributed by atoms with Crippen molar-refractivity contribution in [3.05, 3.63) is 83.1 Å². The number of rotatable bonds is 6. The summed E-state index contributed by atoms with van der Waals surface area (Å²) in [5.41, 5.74) is 1.26. The van der Waals surface area contributed by atoms with Gasteiger partial charge in [0.25, 0.3) is 11.8 Å². The average molecular weight is 465 g/mol. The van der Waals surface area contributed by atoms with E-state index in [0.717, 1.165) is 51.4 Å². The van der Waals surface area contributed by atoms with Crippen molar-refractivity contribution in [1.29, 1.82) is 0 Å². The molecule has 33 heavy (non-hydrogen) atoms. The van der Waals surface area contributed by atoms with E-state index < -0.39 is 0 Å². The lowest BCUT2D eigenvalue weighted by Crippen LogP contribution is -2.42. The minimum Gasteiger partial charge on any atom is -0.309 e. The zero-order valence-corrected chi connectivity index (χ0v) is 19.9. The molecule has 2 aromatic carbocycles. The van der Waals surface area contributed by atoms with Gasteiger partial charge in [0.1, 0.15) is 5.16 Å². The smallest absolute Gasteiger partial charge is 0.259 e. The Morgan fingerprint density at radius 2 is 1.12 bits per heavy atom. The molecule has 2 aliphatic rings. The normalized spacial score (nSPS) is 18.0. The standard InChI is InChI=1S/C28H33ClN2O2/c29-26(31(25-19-11-4-12-20-25)28(33)23-15-7-2-8-16-23)21-30(24-17-9-3-10-18-24)27(32)22-13-5-1-6-14-22/h1-2,5-8,13-16,21,24-25H,3-4,9-12,17-20H2/b26-21+. The van der Waals surface area contributed by atoms with Crippen molar-refractivity contribution in [2.24, 2.45) is 0 Å². The van der Waals surface area contributed by atoms with Crippen LogP contribution in [0.4, 0.5) is 0 Å². The molecule has 0 N–H and O–H groups in total. The summed E-state index contributed by atoms with van der Waals surface area (Å²) in [5.74, 6) is -0.157. The molecule has 0 unspecified atom stereocenters. The molecular weight excluding hydrogens is 432 g/mol. The zero-order valence-electron chi connectivity index (χ0n) is 19.2. The van der Waals surface area contributed by atoms with Gasteiger partial charge in [-0.05, 0) is 49.9 Å². The molecule has 2 aromatic rings. The first-order valence-electron chi connectivity index (χ1n) is 12.3. The van der Waals surface area contributed by atoms with E-state index in [0.29, 0.717) is 16.3 Å². The van der Waals surface area contributed by atoms with Crippen LogP contribution in [-0.4, -0.2) is 33.7 Å². The first-order chi connectivity index (χ1) is 16.1. The summed E-state index contributed by atoms with van der Waals surface area (Å²) in [6.45, 7) is 0. The van der Waals surface area contributed by atoms with Crippen LogP contribution < -0.4 is 0 Å². The van der Waals surface area contributed by atoms with Crippen LogP contribution in [0, 0.1) is 0 Å². The lowest BCUT2D eigenvalue weighted by Gasteiger charge is -2.36. The van der Waals surface area contributed by atoms with Crippen molar-refractivity contribution in [3.8, 4) is 0 Å². The highest BCUT2D eigenvalue weighted by molar-refractivity contribution is 6.30.